The van der Waals surface area contributed by atoms with Gasteiger partial charge in [0.25, 0.3) is 0 Å². The molecule has 0 aliphatic carbocycles. The summed E-state index contributed by atoms with van der Waals surface area (Å²) in [6, 6.07) is 5.83. The van der Waals surface area contributed by atoms with E-state index in [1.54, 1.807) is 0 Å². The van der Waals surface area contributed by atoms with Crippen LogP contribution in [0.2, 0.25) is 0 Å². The number of fused-ring (bicyclic) bond motifs is 1. The van der Waals surface area contributed by atoms with E-state index >= 15 is 0 Å². The molecule has 0 saturated carbocycles. The summed E-state index contributed by atoms with van der Waals surface area (Å²) in [4.78, 5) is 18.2. The molecule has 2 heterocycles. The summed E-state index contributed by atoms with van der Waals surface area (Å²) >= 11 is 0. The monoisotopic (exact) mass is 231 g/mol. The Morgan fingerprint density at radius 2 is 2.12 bits per heavy atom. The average Bonchev–Trinajstić information content (AvgIpc) is 2.72. The summed E-state index contributed by atoms with van der Waals surface area (Å²) in [5.41, 5.74) is 1.71. The van der Waals surface area contributed by atoms with Gasteiger partial charge in [-0.15, -0.1) is 0 Å². The first-order valence-corrected chi connectivity index (χ1v) is 5.95. The van der Waals surface area contributed by atoms with Crippen LogP contribution in [0.4, 0.5) is 0 Å². The highest BCUT2D eigenvalue weighted by Crippen LogP contribution is 2.06. The Bertz CT molecular complexity index is 481. The summed E-state index contributed by atoms with van der Waals surface area (Å²) in [6.07, 6.45) is 4.23. The Hall–Kier alpha value is -1.84. The first-order chi connectivity index (χ1) is 8.24. The lowest BCUT2D eigenvalue weighted by Gasteiger charge is -2.17. The molecule has 0 fully saturated rings. The van der Waals surface area contributed by atoms with Crippen molar-refractivity contribution in [3.63, 3.8) is 0 Å². The van der Waals surface area contributed by atoms with Gasteiger partial charge in [-0.25, -0.2) is 4.98 Å². The van der Waals surface area contributed by atoms with E-state index in [0.29, 0.717) is 6.42 Å². The largest absolute Gasteiger partial charge is 0.343 e. The number of likely N-dealkylation sites (N-methyl/N-ethyl adjacent to an activating group) is 1. The Labute approximate surface area is 101 Å². The number of hydrogen-bond acceptors (Lipinski definition) is 2. The van der Waals surface area contributed by atoms with Gasteiger partial charge in [-0.1, -0.05) is 6.07 Å². The van der Waals surface area contributed by atoms with E-state index in [-0.39, 0.29) is 5.91 Å². The van der Waals surface area contributed by atoms with Crippen molar-refractivity contribution < 1.29 is 4.79 Å². The van der Waals surface area contributed by atoms with Gasteiger partial charge in [-0.05, 0) is 26.0 Å². The molecule has 0 aliphatic rings. The highest BCUT2D eigenvalue weighted by Gasteiger charge is 2.12. The minimum Gasteiger partial charge on any atom is -0.343 e. The van der Waals surface area contributed by atoms with Gasteiger partial charge in [0.2, 0.25) is 5.91 Å². The second-order valence-corrected chi connectivity index (χ2v) is 3.94. The predicted octanol–water partition coefficient (Wildman–Crippen LogP) is 1.75. The molecule has 4 nitrogen and oxygen atoms in total. The quantitative estimate of drug-likeness (QED) is 0.804. The molecule has 0 saturated heterocycles. The van der Waals surface area contributed by atoms with Crippen molar-refractivity contribution in [3.05, 3.63) is 36.3 Å². The molecule has 2 aromatic rings. The van der Waals surface area contributed by atoms with Crippen LogP contribution >= 0.6 is 0 Å². The number of hydrogen-bond donors (Lipinski definition) is 0. The molecule has 0 N–H and O–H groups in total. The summed E-state index contributed by atoms with van der Waals surface area (Å²) in [7, 11) is 0. The first kappa shape index (κ1) is 11.6. The van der Waals surface area contributed by atoms with Gasteiger partial charge < -0.3 is 9.30 Å². The van der Waals surface area contributed by atoms with Gasteiger partial charge in [0.15, 0.2) is 0 Å². The maximum absolute atomic E-state index is 11.9. The number of pyridine rings is 1. The van der Waals surface area contributed by atoms with Crippen LogP contribution in [0, 0.1) is 0 Å². The van der Waals surface area contributed by atoms with Crippen LogP contribution in [0.25, 0.3) is 5.65 Å². The first-order valence-electron chi connectivity index (χ1n) is 5.95. The van der Waals surface area contributed by atoms with Gasteiger partial charge in [0.1, 0.15) is 5.65 Å². The number of rotatable bonds is 4. The zero-order valence-electron chi connectivity index (χ0n) is 10.3. The molecule has 0 spiro atoms. The van der Waals surface area contributed by atoms with Crippen molar-refractivity contribution in [2.75, 3.05) is 13.1 Å². The number of carbonyl (C=O) groups is 1. The fourth-order valence-corrected chi connectivity index (χ4v) is 1.92. The highest BCUT2D eigenvalue weighted by molar-refractivity contribution is 5.78. The van der Waals surface area contributed by atoms with Crippen LogP contribution in [0.3, 0.4) is 0 Å². The molecule has 0 bridgehead atoms. The lowest BCUT2D eigenvalue weighted by atomic mass is 10.3. The van der Waals surface area contributed by atoms with E-state index in [1.807, 2.05) is 53.7 Å². The third kappa shape index (κ3) is 2.46. The smallest absolute Gasteiger partial charge is 0.228 e. The Morgan fingerprint density at radius 1 is 1.35 bits per heavy atom. The minimum absolute atomic E-state index is 0.137. The van der Waals surface area contributed by atoms with Gasteiger partial charge in [-0.3, -0.25) is 4.79 Å². The maximum atomic E-state index is 11.9. The molecule has 0 aliphatic heterocycles. The van der Waals surface area contributed by atoms with Crippen molar-refractivity contribution in [2.24, 2.45) is 0 Å². The topological polar surface area (TPSA) is 37.6 Å². The minimum atomic E-state index is 0.137. The number of imidazole rings is 1. The summed E-state index contributed by atoms with van der Waals surface area (Å²) in [5.74, 6) is 0.137. The standard InChI is InChI=1S/C13H17N3O/c1-3-15(4-2)13(17)9-11-10-16-8-6-5-7-12(16)14-11/h5-8,10H,3-4,9H2,1-2H3. The van der Waals surface area contributed by atoms with Gasteiger partial charge in [0, 0.05) is 25.5 Å². The van der Waals surface area contributed by atoms with Gasteiger partial charge >= 0.3 is 0 Å². The number of amides is 1. The van der Waals surface area contributed by atoms with Gasteiger partial charge in [0.05, 0.1) is 12.1 Å². The van der Waals surface area contributed by atoms with Crippen LogP contribution in [-0.2, 0) is 11.2 Å². The lowest BCUT2D eigenvalue weighted by molar-refractivity contribution is -0.130. The number of aromatic nitrogens is 2. The second-order valence-electron chi connectivity index (χ2n) is 3.94. The molecule has 17 heavy (non-hydrogen) atoms. The zero-order chi connectivity index (χ0) is 12.3. The number of carbonyl (C=O) groups excluding carboxylic acids is 1. The molecule has 90 valence electrons. The fourth-order valence-electron chi connectivity index (χ4n) is 1.92. The Kier molecular flexibility index (Phi) is 3.42. The molecule has 0 unspecified atom stereocenters. The average molecular weight is 231 g/mol. The van der Waals surface area contributed by atoms with Crippen LogP contribution in [0.15, 0.2) is 30.6 Å². The highest BCUT2D eigenvalue weighted by atomic mass is 16.2. The van der Waals surface area contributed by atoms with Crippen LogP contribution < -0.4 is 0 Å². The normalized spacial score (nSPS) is 10.7. The summed E-state index contributed by atoms with van der Waals surface area (Å²) in [6.45, 7) is 5.49. The molecule has 1 amide bonds. The van der Waals surface area contributed by atoms with Crippen LogP contribution in [0.1, 0.15) is 19.5 Å². The molecular weight excluding hydrogens is 214 g/mol. The molecule has 0 radical (unpaired) electrons. The maximum Gasteiger partial charge on any atom is 0.228 e. The third-order valence-electron chi connectivity index (χ3n) is 2.86. The number of nitrogens with zero attached hydrogens (tertiary/aromatic N) is 3. The van der Waals surface area contributed by atoms with E-state index < -0.39 is 0 Å². The second kappa shape index (κ2) is 4.99. The molecule has 4 heteroatoms. The van der Waals surface area contributed by atoms with Crippen molar-refractivity contribution in [1.82, 2.24) is 14.3 Å². The Morgan fingerprint density at radius 3 is 2.76 bits per heavy atom. The predicted molar refractivity (Wildman–Crippen MR) is 66.8 cm³/mol. The molecule has 0 aromatic carbocycles. The van der Waals surface area contributed by atoms with E-state index in [9.17, 15) is 4.79 Å². The fraction of sp³-hybridized carbons (Fsp3) is 0.385. The summed E-state index contributed by atoms with van der Waals surface area (Å²) in [5, 5.41) is 0. The van der Waals surface area contributed by atoms with E-state index in [2.05, 4.69) is 4.98 Å². The van der Waals surface area contributed by atoms with Crippen molar-refractivity contribution in [2.45, 2.75) is 20.3 Å². The molecule has 2 rings (SSSR count). The molecule has 2 aromatic heterocycles. The third-order valence-corrected chi connectivity index (χ3v) is 2.86. The van der Waals surface area contributed by atoms with Crippen molar-refractivity contribution in [3.8, 4) is 0 Å². The van der Waals surface area contributed by atoms with E-state index in [1.165, 1.54) is 0 Å². The van der Waals surface area contributed by atoms with E-state index in [0.717, 1.165) is 24.4 Å². The Balaban J connectivity index is 2.15. The lowest BCUT2D eigenvalue weighted by Crippen LogP contribution is -2.31. The van der Waals surface area contributed by atoms with Crippen LogP contribution in [-0.4, -0.2) is 33.3 Å². The van der Waals surface area contributed by atoms with Crippen molar-refractivity contribution >= 4 is 11.6 Å². The van der Waals surface area contributed by atoms with Gasteiger partial charge in [-0.2, -0.15) is 0 Å². The summed E-state index contributed by atoms with van der Waals surface area (Å²) < 4.78 is 1.94. The molecule has 0 atom stereocenters. The van der Waals surface area contributed by atoms with Crippen molar-refractivity contribution in [1.29, 1.82) is 0 Å². The zero-order valence-corrected chi connectivity index (χ0v) is 10.3. The van der Waals surface area contributed by atoms with E-state index in [4.69, 9.17) is 0 Å². The van der Waals surface area contributed by atoms with Crippen LogP contribution in [0.5, 0.6) is 0 Å². The SMILES string of the molecule is CCN(CC)C(=O)Cc1cn2ccccc2n1. The molecular formula is C13H17N3O.